The van der Waals surface area contributed by atoms with Gasteiger partial charge in [0.05, 0.1) is 16.6 Å². The van der Waals surface area contributed by atoms with E-state index in [1.807, 2.05) is 6.07 Å². The molecule has 3 nitrogen and oxygen atoms in total. The predicted molar refractivity (Wildman–Crippen MR) is 180 cm³/mol. The number of nitrogens with one attached hydrogen (secondary N) is 1. The van der Waals surface area contributed by atoms with Crippen LogP contribution in [0.15, 0.2) is 144 Å². The summed E-state index contributed by atoms with van der Waals surface area (Å²) in [6.45, 7) is 0. The van der Waals surface area contributed by atoms with Crippen molar-refractivity contribution in [3.8, 4) is 16.8 Å². The molecular weight excluding hydrogens is 524 g/mol. The van der Waals surface area contributed by atoms with Gasteiger partial charge in [0.1, 0.15) is 11.2 Å². The lowest BCUT2D eigenvalue weighted by atomic mass is 9.96. The average molecular weight is 549 g/mol. The zero-order valence-corrected chi connectivity index (χ0v) is 23.1. The molecule has 0 aliphatic rings. The monoisotopic (exact) mass is 548 g/mol. The fraction of sp³-hybridized carbons (Fsp3) is 0. The molecule has 0 atom stereocenters. The molecule has 0 saturated carbocycles. The number of fused-ring (bicyclic) bond motifs is 11. The van der Waals surface area contributed by atoms with Gasteiger partial charge in [-0.1, -0.05) is 109 Å². The summed E-state index contributed by atoms with van der Waals surface area (Å²) in [6, 6.07) is 50.0. The Kier molecular flexibility index (Phi) is 4.45. The zero-order chi connectivity index (χ0) is 28.1. The van der Waals surface area contributed by atoms with Gasteiger partial charge in [-0.25, -0.2) is 0 Å². The molecule has 10 aromatic rings. The van der Waals surface area contributed by atoms with Crippen molar-refractivity contribution in [3.05, 3.63) is 140 Å². The minimum absolute atomic E-state index is 0.899. The second-order valence-electron chi connectivity index (χ2n) is 11.4. The zero-order valence-electron chi connectivity index (χ0n) is 23.1. The Morgan fingerprint density at radius 2 is 1.21 bits per heavy atom. The van der Waals surface area contributed by atoms with Gasteiger partial charge in [0, 0.05) is 49.1 Å². The van der Waals surface area contributed by atoms with Gasteiger partial charge < -0.3 is 14.0 Å². The Labute approximate surface area is 246 Å². The van der Waals surface area contributed by atoms with Crippen molar-refractivity contribution in [2.75, 3.05) is 0 Å². The molecule has 0 bridgehead atoms. The molecule has 10 rings (SSSR count). The Morgan fingerprint density at radius 1 is 0.488 bits per heavy atom. The number of hydrogen-bond donors (Lipinski definition) is 1. The van der Waals surface area contributed by atoms with Crippen molar-refractivity contribution in [2.45, 2.75) is 0 Å². The third-order valence-electron chi connectivity index (χ3n) is 9.11. The van der Waals surface area contributed by atoms with Crippen LogP contribution in [-0.2, 0) is 0 Å². The van der Waals surface area contributed by atoms with Gasteiger partial charge in [0.25, 0.3) is 0 Å². The van der Waals surface area contributed by atoms with E-state index >= 15 is 0 Å². The first-order valence-electron chi connectivity index (χ1n) is 14.7. The predicted octanol–water partition coefficient (Wildman–Crippen LogP) is 11.1. The van der Waals surface area contributed by atoms with Crippen LogP contribution >= 0.6 is 0 Å². The molecule has 0 radical (unpaired) electrons. The van der Waals surface area contributed by atoms with Gasteiger partial charge in [0.2, 0.25) is 0 Å². The van der Waals surface area contributed by atoms with Crippen molar-refractivity contribution >= 4 is 76.3 Å². The molecule has 0 unspecified atom stereocenters. The standard InChI is InChI=1S/C40H24N2O/c1-2-12-26-24(10-1)11-9-16-27(26)33-22-25(23-34-30-15-5-8-19-37(30)43-40(33)34)42-36-18-7-4-14-29(36)32-21-20-31-28-13-3-6-17-35(28)41-38(31)39(32)42/h1-23,41H. The number of nitrogens with zero attached hydrogens (tertiary/aromatic N) is 1. The van der Waals surface area contributed by atoms with Crippen molar-refractivity contribution in [1.82, 2.24) is 9.55 Å². The molecule has 1 N–H and O–H groups in total. The molecule has 3 heteroatoms. The van der Waals surface area contributed by atoms with E-state index in [2.05, 4.69) is 143 Å². The first-order chi connectivity index (χ1) is 21.3. The van der Waals surface area contributed by atoms with Crippen LogP contribution in [0.2, 0.25) is 0 Å². The summed E-state index contributed by atoms with van der Waals surface area (Å²) < 4.78 is 9.07. The van der Waals surface area contributed by atoms with Crippen LogP contribution in [-0.4, -0.2) is 9.55 Å². The average Bonchev–Trinajstić information content (AvgIpc) is 3.74. The number of furan rings is 1. The first-order valence-corrected chi connectivity index (χ1v) is 14.7. The molecule has 200 valence electrons. The van der Waals surface area contributed by atoms with E-state index in [0.717, 1.165) is 44.2 Å². The Bertz CT molecular complexity index is 2730. The minimum Gasteiger partial charge on any atom is -0.455 e. The molecule has 0 amide bonds. The highest BCUT2D eigenvalue weighted by atomic mass is 16.3. The normalized spacial score (nSPS) is 12.2. The van der Waals surface area contributed by atoms with E-state index in [4.69, 9.17) is 4.42 Å². The molecule has 3 heterocycles. The highest BCUT2D eigenvalue weighted by molar-refractivity contribution is 6.23. The van der Waals surface area contributed by atoms with Gasteiger partial charge >= 0.3 is 0 Å². The fourth-order valence-electron chi connectivity index (χ4n) is 7.24. The number of H-pyrrole nitrogens is 1. The minimum atomic E-state index is 0.899. The maximum Gasteiger partial charge on any atom is 0.143 e. The molecule has 0 fully saturated rings. The van der Waals surface area contributed by atoms with Crippen molar-refractivity contribution in [2.24, 2.45) is 0 Å². The second kappa shape index (κ2) is 8.37. The summed E-state index contributed by atoms with van der Waals surface area (Å²) in [5.41, 5.74) is 9.85. The van der Waals surface area contributed by atoms with Gasteiger partial charge in [-0.2, -0.15) is 0 Å². The number of benzene rings is 7. The summed E-state index contributed by atoms with van der Waals surface area (Å²) in [4.78, 5) is 3.79. The largest absolute Gasteiger partial charge is 0.455 e. The summed E-state index contributed by atoms with van der Waals surface area (Å²) >= 11 is 0. The number of hydrogen-bond acceptors (Lipinski definition) is 1. The third-order valence-corrected chi connectivity index (χ3v) is 9.11. The van der Waals surface area contributed by atoms with E-state index in [1.165, 1.54) is 48.9 Å². The van der Waals surface area contributed by atoms with Crippen LogP contribution in [0.5, 0.6) is 0 Å². The van der Waals surface area contributed by atoms with Gasteiger partial charge in [0.15, 0.2) is 0 Å². The van der Waals surface area contributed by atoms with Crippen molar-refractivity contribution in [1.29, 1.82) is 0 Å². The van der Waals surface area contributed by atoms with E-state index in [9.17, 15) is 0 Å². The Balaban J connectivity index is 1.41. The van der Waals surface area contributed by atoms with Crippen LogP contribution in [0.3, 0.4) is 0 Å². The van der Waals surface area contributed by atoms with E-state index in [0.29, 0.717) is 0 Å². The summed E-state index contributed by atoms with van der Waals surface area (Å²) in [7, 11) is 0. The topological polar surface area (TPSA) is 33.9 Å². The van der Waals surface area contributed by atoms with E-state index < -0.39 is 0 Å². The number of aromatic amines is 1. The smallest absolute Gasteiger partial charge is 0.143 e. The lowest BCUT2D eigenvalue weighted by Gasteiger charge is -2.13. The molecule has 0 spiro atoms. The van der Waals surface area contributed by atoms with Crippen LogP contribution in [0.25, 0.3) is 93.1 Å². The number of rotatable bonds is 2. The van der Waals surface area contributed by atoms with Gasteiger partial charge in [-0.3, -0.25) is 0 Å². The Morgan fingerprint density at radius 3 is 2.14 bits per heavy atom. The van der Waals surface area contributed by atoms with Gasteiger partial charge in [-0.05, 0) is 46.7 Å². The number of para-hydroxylation sites is 3. The highest BCUT2D eigenvalue weighted by Crippen LogP contribution is 2.43. The number of aromatic nitrogens is 2. The molecule has 43 heavy (non-hydrogen) atoms. The molecule has 7 aromatic carbocycles. The van der Waals surface area contributed by atoms with Crippen LogP contribution in [0.1, 0.15) is 0 Å². The van der Waals surface area contributed by atoms with Crippen LogP contribution in [0, 0.1) is 0 Å². The fourth-order valence-corrected chi connectivity index (χ4v) is 7.24. The Hall–Kier alpha value is -5.80. The summed E-state index contributed by atoms with van der Waals surface area (Å²) in [6.07, 6.45) is 0. The highest BCUT2D eigenvalue weighted by Gasteiger charge is 2.21. The summed E-state index contributed by atoms with van der Waals surface area (Å²) in [5.74, 6) is 0. The first kappa shape index (κ1) is 22.8. The van der Waals surface area contributed by atoms with E-state index in [1.54, 1.807) is 0 Å². The van der Waals surface area contributed by atoms with Crippen molar-refractivity contribution in [3.63, 3.8) is 0 Å². The molecule has 0 saturated heterocycles. The van der Waals surface area contributed by atoms with Crippen LogP contribution in [0.4, 0.5) is 0 Å². The maximum absolute atomic E-state index is 6.63. The summed E-state index contributed by atoms with van der Waals surface area (Å²) in [5, 5.41) is 9.61. The van der Waals surface area contributed by atoms with Crippen molar-refractivity contribution < 1.29 is 4.42 Å². The second-order valence-corrected chi connectivity index (χ2v) is 11.4. The molecule has 0 aliphatic heterocycles. The third kappa shape index (κ3) is 3.08. The maximum atomic E-state index is 6.63. The molecule has 3 aromatic heterocycles. The SMILES string of the molecule is c1ccc2c(-c3cc(-n4c5ccccc5c5ccc6c7ccccc7[nH]c6c54)cc4c3oc3ccccc34)cccc2c1. The lowest BCUT2D eigenvalue weighted by Crippen LogP contribution is -1.96. The van der Waals surface area contributed by atoms with E-state index in [-0.39, 0.29) is 0 Å². The lowest BCUT2D eigenvalue weighted by molar-refractivity contribution is 0.670. The quantitative estimate of drug-likeness (QED) is 0.229. The molecular formula is C40H24N2O. The van der Waals surface area contributed by atoms with Gasteiger partial charge in [-0.15, -0.1) is 0 Å². The molecule has 0 aliphatic carbocycles. The van der Waals surface area contributed by atoms with Crippen LogP contribution < -0.4 is 0 Å².